The van der Waals surface area contributed by atoms with E-state index >= 15 is 0 Å². The average Bonchev–Trinajstić information content (AvgIpc) is 2.84. The maximum atomic E-state index is 10.0. The molecule has 2 rings (SSSR count). The van der Waals surface area contributed by atoms with Gasteiger partial charge in [0.05, 0.1) is 6.10 Å². The molecule has 1 aliphatic heterocycles. The maximum Gasteiger partial charge on any atom is 0.0667 e. The van der Waals surface area contributed by atoms with E-state index in [4.69, 9.17) is 0 Å². The molecule has 0 aromatic heterocycles. The van der Waals surface area contributed by atoms with Crippen LogP contribution in [0.3, 0.4) is 0 Å². The van der Waals surface area contributed by atoms with Crippen molar-refractivity contribution >= 4 is 0 Å². The van der Waals surface area contributed by atoms with Crippen LogP contribution >= 0.6 is 0 Å². The number of rotatable bonds is 6. The molecule has 0 radical (unpaired) electrons. The molecule has 1 saturated heterocycles. The molecule has 2 aliphatic rings. The van der Waals surface area contributed by atoms with E-state index in [1.807, 2.05) is 0 Å². The van der Waals surface area contributed by atoms with Gasteiger partial charge in [-0.15, -0.1) is 0 Å². The summed E-state index contributed by atoms with van der Waals surface area (Å²) in [5.41, 5.74) is 0. The molecule has 1 saturated carbocycles. The molecule has 0 spiro atoms. The molecule has 1 heterocycles. The molecule has 0 aromatic rings. The Morgan fingerprint density at radius 3 is 2.61 bits per heavy atom. The van der Waals surface area contributed by atoms with Crippen LogP contribution in [0.2, 0.25) is 0 Å². The highest BCUT2D eigenvalue weighted by Gasteiger charge is 2.20. The lowest BCUT2D eigenvalue weighted by Crippen LogP contribution is -2.44. The second-order valence-electron chi connectivity index (χ2n) is 6.33. The Kier molecular flexibility index (Phi) is 5.93. The number of piperidine rings is 1. The summed E-state index contributed by atoms with van der Waals surface area (Å²) in [6.45, 7) is 3.05. The van der Waals surface area contributed by atoms with Gasteiger partial charge in [-0.1, -0.05) is 32.1 Å². The molecule has 0 amide bonds. The van der Waals surface area contributed by atoms with Crippen molar-refractivity contribution in [1.82, 2.24) is 10.2 Å². The number of aliphatic hydroxyl groups is 1. The first-order valence-electron chi connectivity index (χ1n) is 7.84. The van der Waals surface area contributed by atoms with Crippen LogP contribution in [0, 0.1) is 5.92 Å². The molecular weight excluding hydrogens is 224 g/mol. The third-order valence-electron chi connectivity index (χ3n) is 4.76. The fraction of sp³-hybridized carbons (Fsp3) is 1.00. The van der Waals surface area contributed by atoms with Gasteiger partial charge in [-0.05, 0) is 38.8 Å². The van der Waals surface area contributed by atoms with Gasteiger partial charge >= 0.3 is 0 Å². The molecule has 2 atom stereocenters. The van der Waals surface area contributed by atoms with E-state index in [-0.39, 0.29) is 6.10 Å². The minimum Gasteiger partial charge on any atom is -0.392 e. The minimum absolute atomic E-state index is 0.137. The smallest absolute Gasteiger partial charge is 0.0667 e. The van der Waals surface area contributed by atoms with Gasteiger partial charge in [0.1, 0.15) is 0 Å². The van der Waals surface area contributed by atoms with Gasteiger partial charge in [-0.2, -0.15) is 0 Å². The molecule has 0 aromatic carbocycles. The molecule has 0 bridgehead atoms. The van der Waals surface area contributed by atoms with E-state index in [0.29, 0.717) is 6.04 Å². The third kappa shape index (κ3) is 4.52. The van der Waals surface area contributed by atoms with Crippen molar-refractivity contribution in [2.45, 2.75) is 63.5 Å². The van der Waals surface area contributed by atoms with Crippen LogP contribution in [-0.4, -0.2) is 48.8 Å². The molecule has 2 fully saturated rings. The van der Waals surface area contributed by atoms with Crippen molar-refractivity contribution in [2.24, 2.45) is 5.92 Å². The van der Waals surface area contributed by atoms with E-state index < -0.39 is 0 Å². The predicted octanol–water partition coefficient (Wildman–Crippen LogP) is 2.00. The first-order valence-corrected chi connectivity index (χ1v) is 7.84. The van der Waals surface area contributed by atoms with Gasteiger partial charge in [0, 0.05) is 19.1 Å². The predicted molar refractivity (Wildman–Crippen MR) is 75.7 cm³/mol. The zero-order chi connectivity index (χ0) is 12.8. The Morgan fingerprint density at radius 2 is 1.89 bits per heavy atom. The summed E-state index contributed by atoms with van der Waals surface area (Å²) >= 11 is 0. The summed E-state index contributed by atoms with van der Waals surface area (Å²) < 4.78 is 0. The van der Waals surface area contributed by atoms with Crippen LogP contribution in [0.15, 0.2) is 0 Å². The first-order chi connectivity index (χ1) is 8.75. The summed E-state index contributed by atoms with van der Waals surface area (Å²) in [6, 6.07) is 0.678. The van der Waals surface area contributed by atoms with Crippen molar-refractivity contribution in [3.05, 3.63) is 0 Å². The fourth-order valence-electron chi connectivity index (χ4n) is 3.53. The summed E-state index contributed by atoms with van der Waals surface area (Å²) in [5.74, 6) is 0.791. The number of nitrogens with one attached hydrogen (secondary N) is 1. The quantitative estimate of drug-likeness (QED) is 0.761. The van der Waals surface area contributed by atoms with E-state index in [0.717, 1.165) is 25.4 Å². The second kappa shape index (κ2) is 7.46. The summed E-state index contributed by atoms with van der Waals surface area (Å²) in [5, 5.41) is 13.5. The zero-order valence-corrected chi connectivity index (χ0v) is 11.9. The highest BCUT2D eigenvalue weighted by Crippen LogP contribution is 2.28. The van der Waals surface area contributed by atoms with Gasteiger partial charge in [-0.3, -0.25) is 0 Å². The molecule has 2 unspecified atom stereocenters. The second-order valence-corrected chi connectivity index (χ2v) is 6.33. The third-order valence-corrected chi connectivity index (χ3v) is 4.76. The van der Waals surface area contributed by atoms with E-state index in [1.54, 1.807) is 0 Å². The van der Waals surface area contributed by atoms with E-state index in [2.05, 4.69) is 17.3 Å². The van der Waals surface area contributed by atoms with Gasteiger partial charge in [0.15, 0.2) is 0 Å². The van der Waals surface area contributed by atoms with Gasteiger partial charge < -0.3 is 15.3 Å². The normalized spacial score (nSPS) is 28.7. The molecular formula is C15H30N2O. The molecule has 106 valence electrons. The SMILES string of the molecule is CN1CCCCC1CNCC(O)CC1CCCC1. The largest absolute Gasteiger partial charge is 0.392 e. The van der Waals surface area contributed by atoms with Crippen LogP contribution in [0.25, 0.3) is 0 Å². The van der Waals surface area contributed by atoms with Crippen LogP contribution in [0.1, 0.15) is 51.4 Å². The minimum atomic E-state index is -0.137. The molecule has 18 heavy (non-hydrogen) atoms. The zero-order valence-electron chi connectivity index (χ0n) is 11.9. The Labute approximate surface area is 112 Å². The highest BCUT2D eigenvalue weighted by molar-refractivity contribution is 4.77. The van der Waals surface area contributed by atoms with Crippen LogP contribution in [0.4, 0.5) is 0 Å². The monoisotopic (exact) mass is 254 g/mol. The van der Waals surface area contributed by atoms with Crippen LogP contribution in [0.5, 0.6) is 0 Å². The van der Waals surface area contributed by atoms with E-state index in [1.165, 1.54) is 51.5 Å². The lowest BCUT2D eigenvalue weighted by molar-refractivity contribution is 0.131. The molecule has 3 nitrogen and oxygen atoms in total. The fourth-order valence-corrected chi connectivity index (χ4v) is 3.53. The standard InChI is InChI=1S/C15H30N2O/c1-17-9-5-4-8-14(17)11-16-12-15(18)10-13-6-2-3-7-13/h13-16,18H,2-12H2,1H3. The summed E-state index contributed by atoms with van der Waals surface area (Å²) in [6.07, 6.45) is 10.3. The van der Waals surface area contributed by atoms with Crippen molar-refractivity contribution in [1.29, 1.82) is 0 Å². The van der Waals surface area contributed by atoms with Crippen LogP contribution in [-0.2, 0) is 0 Å². The van der Waals surface area contributed by atoms with Gasteiger partial charge in [-0.25, -0.2) is 0 Å². The van der Waals surface area contributed by atoms with E-state index in [9.17, 15) is 5.11 Å². The van der Waals surface area contributed by atoms with Crippen molar-refractivity contribution in [2.75, 3.05) is 26.7 Å². The Bertz CT molecular complexity index is 229. The van der Waals surface area contributed by atoms with Crippen molar-refractivity contribution in [3.8, 4) is 0 Å². The molecule has 3 heteroatoms. The average molecular weight is 254 g/mol. The number of hydrogen-bond donors (Lipinski definition) is 2. The number of likely N-dealkylation sites (N-methyl/N-ethyl adjacent to an activating group) is 1. The van der Waals surface area contributed by atoms with Crippen molar-refractivity contribution in [3.63, 3.8) is 0 Å². The Hall–Kier alpha value is -0.120. The van der Waals surface area contributed by atoms with Gasteiger partial charge in [0.25, 0.3) is 0 Å². The Morgan fingerprint density at radius 1 is 1.17 bits per heavy atom. The lowest BCUT2D eigenvalue weighted by atomic mass is 9.99. The highest BCUT2D eigenvalue weighted by atomic mass is 16.3. The number of hydrogen-bond acceptors (Lipinski definition) is 3. The number of nitrogens with zero attached hydrogens (tertiary/aromatic N) is 1. The summed E-state index contributed by atoms with van der Waals surface area (Å²) in [7, 11) is 2.22. The maximum absolute atomic E-state index is 10.0. The van der Waals surface area contributed by atoms with Crippen molar-refractivity contribution < 1.29 is 5.11 Å². The number of likely N-dealkylation sites (tertiary alicyclic amines) is 1. The number of aliphatic hydroxyl groups excluding tert-OH is 1. The summed E-state index contributed by atoms with van der Waals surface area (Å²) in [4.78, 5) is 2.46. The Balaban J connectivity index is 1.56. The molecule has 2 N–H and O–H groups in total. The van der Waals surface area contributed by atoms with Crippen LogP contribution < -0.4 is 5.32 Å². The van der Waals surface area contributed by atoms with Gasteiger partial charge in [0.2, 0.25) is 0 Å². The lowest BCUT2D eigenvalue weighted by Gasteiger charge is -2.32. The first kappa shape index (κ1) is 14.3. The topological polar surface area (TPSA) is 35.5 Å². The molecule has 1 aliphatic carbocycles.